The molecule has 1 saturated carbocycles. The van der Waals surface area contributed by atoms with Gasteiger partial charge in [-0.3, -0.25) is 9.48 Å². The first-order chi connectivity index (χ1) is 10.8. The summed E-state index contributed by atoms with van der Waals surface area (Å²) in [6.45, 7) is 7.01. The van der Waals surface area contributed by atoms with E-state index >= 15 is 0 Å². The van der Waals surface area contributed by atoms with E-state index in [1.54, 1.807) is 16.0 Å². The van der Waals surface area contributed by atoms with Crippen LogP contribution in [0.15, 0.2) is 6.20 Å². The molecule has 1 aliphatic carbocycles. The third-order valence-corrected chi connectivity index (χ3v) is 4.17. The smallest absolute Gasteiger partial charge is 0.410 e. The molecule has 7 heteroatoms. The first-order valence-electron chi connectivity index (χ1n) is 8.06. The molecule has 2 amide bonds. The molecule has 0 spiro atoms. The molecule has 0 bridgehead atoms. The number of carbonyl (C=O) groups is 2. The van der Waals surface area contributed by atoms with E-state index in [0.717, 1.165) is 18.5 Å². The van der Waals surface area contributed by atoms with Crippen molar-refractivity contribution in [3.8, 4) is 0 Å². The average molecular weight is 320 g/mol. The highest BCUT2D eigenvalue weighted by molar-refractivity contribution is 5.95. The van der Waals surface area contributed by atoms with Crippen LogP contribution in [-0.4, -0.2) is 56.8 Å². The molecule has 0 radical (unpaired) electrons. The van der Waals surface area contributed by atoms with Crippen LogP contribution in [0.2, 0.25) is 0 Å². The zero-order valence-corrected chi connectivity index (χ0v) is 14.2. The third-order valence-electron chi connectivity index (χ3n) is 4.17. The fourth-order valence-corrected chi connectivity index (χ4v) is 2.72. The van der Waals surface area contributed by atoms with E-state index in [-0.39, 0.29) is 12.0 Å². The monoisotopic (exact) mass is 320 g/mol. The van der Waals surface area contributed by atoms with Crippen molar-refractivity contribution in [2.45, 2.75) is 58.3 Å². The zero-order valence-electron chi connectivity index (χ0n) is 14.2. The summed E-state index contributed by atoms with van der Waals surface area (Å²) < 4.78 is 7.24. The van der Waals surface area contributed by atoms with Crippen molar-refractivity contribution in [3.05, 3.63) is 17.5 Å². The highest BCUT2D eigenvalue weighted by atomic mass is 16.6. The standard InChI is InChI=1S/C16H24N4O3/c1-16(2,3)23-15(22)19-7-8-20-13(10-19)12(9-17-20)14(21)18(4)11-5-6-11/h9,11H,5-8,10H2,1-4H3. The molecule has 1 aromatic rings. The number of amides is 2. The van der Waals surface area contributed by atoms with Crippen LogP contribution >= 0.6 is 0 Å². The van der Waals surface area contributed by atoms with Crippen LogP contribution in [0.1, 0.15) is 49.7 Å². The van der Waals surface area contributed by atoms with Gasteiger partial charge < -0.3 is 14.5 Å². The first kappa shape index (κ1) is 15.8. The van der Waals surface area contributed by atoms with E-state index < -0.39 is 5.60 Å². The van der Waals surface area contributed by atoms with E-state index in [4.69, 9.17) is 4.74 Å². The van der Waals surface area contributed by atoms with Crippen LogP contribution in [0.3, 0.4) is 0 Å². The number of nitrogens with zero attached hydrogens (tertiary/aromatic N) is 4. The third kappa shape index (κ3) is 3.33. The topological polar surface area (TPSA) is 67.7 Å². The van der Waals surface area contributed by atoms with Crippen molar-refractivity contribution in [2.75, 3.05) is 13.6 Å². The second kappa shape index (κ2) is 5.54. The summed E-state index contributed by atoms with van der Waals surface area (Å²) in [5.41, 5.74) is 0.854. The summed E-state index contributed by atoms with van der Waals surface area (Å²) in [6.07, 6.45) is 3.40. The van der Waals surface area contributed by atoms with Crippen molar-refractivity contribution in [3.63, 3.8) is 0 Å². The van der Waals surface area contributed by atoms with Gasteiger partial charge in [-0.2, -0.15) is 5.10 Å². The molecule has 2 aliphatic rings. The molecule has 0 N–H and O–H groups in total. The minimum absolute atomic E-state index is 0.0141. The largest absolute Gasteiger partial charge is 0.444 e. The molecule has 0 atom stereocenters. The highest BCUT2D eigenvalue weighted by Gasteiger charge is 2.34. The van der Waals surface area contributed by atoms with Crippen molar-refractivity contribution in [1.82, 2.24) is 19.6 Å². The van der Waals surface area contributed by atoms with E-state index in [9.17, 15) is 9.59 Å². The van der Waals surface area contributed by atoms with E-state index in [1.807, 2.05) is 32.5 Å². The maximum absolute atomic E-state index is 12.6. The molecule has 1 aliphatic heterocycles. The van der Waals surface area contributed by atoms with Gasteiger partial charge in [-0.1, -0.05) is 0 Å². The normalized spacial score (nSPS) is 17.7. The number of rotatable bonds is 2. The molecular formula is C16H24N4O3. The van der Waals surface area contributed by atoms with Gasteiger partial charge in [0.25, 0.3) is 5.91 Å². The van der Waals surface area contributed by atoms with Gasteiger partial charge in [0.1, 0.15) is 5.60 Å². The fraction of sp³-hybridized carbons (Fsp3) is 0.688. The molecule has 7 nitrogen and oxygen atoms in total. The van der Waals surface area contributed by atoms with Crippen LogP contribution in [0, 0.1) is 0 Å². The Morgan fingerprint density at radius 1 is 1.30 bits per heavy atom. The Bertz CT molecular complexity index is 628. The van der Waals surface area contributed by atoms with Crippen molar-refractivity contribution < 1.29 is 14.3 Å². The van der Waals surface area contributed by atoms with Crippen LogP contribution in [0.25, 0.3) is 0 Å². The van der Waals surface area contributed by atoms with E-state index in [1.165, 1.54) is 0 Å². The van der Waals surface area contributed by atoms with E-state index in [2.05, 4.69) is 5.10 Å². The molecular weight excluding hydrogens is 296 g/mol. The van der Waals surface area contributed by atoms with Crippen LogP contribution in [0.4, 0.5) is 4.79 Å². The number of carbonyl (C=O) groups excluding carboxylic acids is 2. The second-order valence-corrected chi connectivity index (χ2v) is 7.28. The predicted molar refractivity (Wildman–Crippen MR) is 84.0 cm³/mol. The van der Waals surface area contributed by atoms with Gasteiger partial charge in [0.05, 0.1) is 30.5 Å². The minimum atomic E-state index is -0.528. The van der Waals surface area contributed by atoms with Gasteiger partial charge in [0.2, 0.25) is 0 Å². The molecule has 0 unspecified atom stereocenters. The minimum Gasteiger partial charge on any atom is -0.444 e. The quantitative estimate of drug-likeness (QED) is 0.834. The lowest BCUT2D eigenvalue weighted by atomic mass is 10.2. The number of ether oxygens (including phenoxy) is 1. The van der Waals surface area contributed by atoms with E-state index in [0.29, 0.717) is 31.2 Å². The average Bonchev–Trinajstić information content (AvgIpc) is 3.23. The summed E-state index contributed by atoms with van der Waals surface area (Å²) >= 11 is 0. The molecule has 1 fully saturated rings. The molecule has 3 rings (SSSR count). The molecule has 1 aromatic heterocycles. The summed E-state index contributed by atoms with van der Waals surface area (Å²) in [4.78, 5) is 28.3. The Kier molecular flexibility index (Phi) is 3.82. The van der Waals surface area contributed by atoms with Crippen LogP contribution in [-0.2, 0) is 17.8 Å². The summed E-state index contributed by atoms with van der Waals surface area (Å²) in [6, 6.07) is 0.351. The van der Waals surface area contributed by atoms with Gasteiger partial charge >= 0.3 is 6.09 Å². The Hall–Kier alpha value is -2.05. The maximum atomic E-state index is 12.6. The van der Waals surface area contributed by atoms with Crippen molar-refractivity contribution in [1.29, 1.82) is 0 Å². The Labute approximate surface area is 136 Å². The molecule has 2 heterocycles. The lowest BCUT2D eigenvalue weighted by Gasteiger charge is -2.31. The summed E-state index contributed by atoms with van der Waals surface area (Å²) in [5, 5.41) is 4.30. The summed E-state index contributed by atoms with van der Waals surface area (Å²) in [7, 11) is 1.83. The highest BCUT2D eigenvalue weighted by Crippen LogP contribution is 2.28. The van der Waals surface area contributed by atoms with Gasteiger partial charge in [-0.05, 0) is 33.6 Å². The zero-order chi connectivity index (χ0) is 16.8. The predicted octanol–water partition coefficient (Wildman–Crippen LogP) is 1.87. The number of hydrogen-bond donors (Lipinski definition) is 0. The van der Waals surface area contributed by atoms with Crippen molar-refractivity contribution in [2.24, 2.45) is 0 Å². The first-order valence-corrected chi connectivity index (χ1v) is 8.06. The SMILES string of the molecule is CN(C(=O)c1cnn2c1CN(C(=O)OC(C)(C)C)CC2)C1CC1. The molecule has 0 aromatic carbocycles. The van der Waals surface area contributed by atoms with Gasteiger partial charge in [-0.15, -0.1) is 0 Å². The lowest BCUT2D eigenvalue weighted by Crippen LogP contribution is -2.42. The Morgan fingerprint density at radius 3 is 2.61 bits per heavy atom. The molecule has 23 heavy (non-hydrogen) atoms. The maximum Gasteiger partial charge on any atom is 0.410 e. The van der Waals surface area contributed by atoms with Gasteiger partial charge in [0.15, 0.2) is 0 Å². The molecule has 126 valence electrons. The second-order valence-electron chi connectivity index (χ2n) is 7.28. The van der Waals surface area contributed by atoms with Crippen LogP contribution < -0.4 is 0 Å². The Morgan fingerprint density at radius 2 is 2.00 bits per heavy atom. The summed E-state index contributed by atoms with van der Waals surface area (Å²) in [5.74, 6) is -0.0141. The van der Waals surface area contributed by atoms with Crippen LogP contribution in [0.5, 0.6) is 0 Å². The molecule has 0 saturated heterocycles. The lowest BCUT2D eigenvalue weighted by molar-refractivity contribution is 0.0192. The number of fused-ring (bicyclic) bond motifs is 1. The van der Waals surface area contributed by atoms with Crippen molar-refractivity contribution >= 4 is 12.0 Å². The van der Waals surface area contributed by atoms with Gasteiger partial charge in [0, 0.05) is 19.6 Å². The Balaban J connectivity index is 1.76. The number of aromatic nitrogens is 2. The number of hydrogen-bond acceptors (Lipinski definition) is 4. The fourth-order valence-electron chi connectivity index (χ4n) is 2.72. The van der Waals surface area contributed by atoms with Gasteiger partial charge in [-0.25, -0.2) is 4.79 Å².